The molecule has 0 radical (unpaired) electrons. The molecule has 1 aliphatic rings. The van der Waals surface area contributed by atoms with E-state index in [0.29, 0.717) is 5.52 Å². The minimum absolute atomic E-state index is 0.0679. The number of hydrogen-bond acceptors (Lipinski definition) is 5. The van der Waals surface area contributed by atoms with Gasteiger partial charge in [0.1, 0.15) is 12.1 Å². The summed E-state index contributed by atoms with van der Waals surface area (Å²) in [4.78, 5) is 24.0. The molecule has 1 fully saturated rings. The lowest BCUT2D eigenvalue weighted by Gasteiger charge is -2.17. The molecule has 0 saturated heterocycles. The van der Waals surface area contributed by atoms with Crippen LogP contribution in [0.2, 0.25) is 0 Å². The van der Waals surface area contributed by atoms with Crippen molar-refractivity contribution in [3.63, 3.8) is 0 Å². The molecule has 1 heterocycles. The summed E-state index contributed by atoms with van der Waals surface area (Å²) in [6, 6.07) is 7.57. The quantitative estimate of drug-likeness (QED) is 0.843. The van der Waals surface area contributed by atoms with E-state index in [1.54, 1.807) is 6.92 Å². The molecular weight excluding hydrogens is 296 g/mol. The first-order valence-electron chi connectivity index (χ1n) is 7.91. The second-order valence-electron chi connectivity index (χ2n) is 5.86. The van der Waals surface area contributed by atoms with Gasteiger partial charge in [0.2, 0.25) is 0 Å². The summed E-state index contributed by atoms with van der Waals surface area (Å²) in [5.74, 6) is -0.747. The lowest BCUT2D eigenvalue weighted by Crippen LogP contribution is -2.41. The van der Waals surface area contributed by atoms with E-state index >= 15 is 0 Å². The minimum atomic E-state index is -0.808. The van der Waals surface area contributed by atoms with Gasteiger partial charge in [-0.2, -0.15) is 0 Å². The van der Waals surface area contributed by atoms with Crippen molar-refractivity contribution in [3.05, 3.63) is 24.3 Å². The molecule has 0 unspecified atom stereocenters. The molecule has 23 heavy (non-hydrogen) atoms. The van der Waals surface area contributed by atoms with Crippen LogP contribution in [0.25, 0.3) is 11.0 Å². The number of aromatic nitrogens is 3. The van der Waals surface area contributed by atoms with Crippen molar-refractivity contribution in [2.24, 2.45) is 0 Å². The number of ether oxygens (including phenoxy) is 1. The van der Waals surface area contributed by atoms with Crippen LogP contribution < -0.4 is 5.32 Å². The highest BCUT2D eigenvalue weighted by Gasteiger charge is 2.23. The van der Waals surface area contributed by atoms with Gasteiger partial charge in [0.05, 0.1) is 5.52 Å². The molecule has 122 valence electrons. The third-order valence-electron chi connectivity index (χ3n) is 4.08. The maximum atomic E-state index is 12.0. The van der Waals surface area contributed by atoms with Crippen LogP contribution in [-0.2, 0) is 20.9 Å². The van der Waals surface area contributed by atoms with Gasteiger partial charge < -0.3 is 10.1 Å². The molecule has 1 amide bonds. The van der Waals surface area contributed by atoms with E-state index < -0.39 is 12.1 Å². The molecule has 2 aromatic rings. The average molecular weight is 316 g/mol. The number of nitrogens with zero attached hydrogens (tertiary/aromatic N) is 3. The molecule has 1 N–H and O–H groups in total. The molecular formula is C16H20N4O3. The summed E-state index contributed by atoms with van der Waals surface area (Å²) >= 11 is 0. The number of carbonyl (C=O) groups is 2. The van der Waals surface area contributed by atoms with Crippen molar-refractivity contribution >= 4 is 22.9 Å². The Hall–Kier alpha value is -2.44. The molecule has 7 nitrogen and oxygen atoms in total. The fourth-order valence-corrected chi connectivity index (χ4v) is 2.83. The van der Waals surface area contributed by atoms with Crippen LogP contribution in [0.4, 0.5) is 0 Å². The zero-order chi connectivity index (χ0) is 16.2. The lowest BCUT2D eigenvalue weighted by molar-refractivity contribution is -0.155. The topological polar surface area (TPSA) is 86.1 Å². The fraction of sp³-hybridized carbons (Fsp3) is 0.500. The van der Waals surface area contributed by atoms with Gasteiger partial charge in [-0.15, -0.1) is 5.10 Å². The van der Waals surface area contributed by atoms with Gasteiger partial charge in [-0.05, 0) is 31.9 Å². The molecule has 1 aliphatic carbocycles. The smallest absolute Gasteiger partial charge is 0.328 e. The van der Waals surface area contributed by atoms with Crippen LogP contribution in [-0.4, -0.2) is 39.0 Å². The summed E-state index contributed by atoms with van der Waals surface area (Å²) in [6.07, 6.45) is 3.46. The van der Waals surface area contributed by atoms with Crippen molar-refractivity contribution < 1.29 is 14.3 Å². The number of esters is 1. The molecule has 0 aliphatic heterocycles. The van der Waals surface area contributed by atoms with E-state index in [-0.39, 0.29) is 18.5 Å². The number of hydrogen-bond donors (Lipinski definition) is 1. The van der Waals surface area contributed by atoms with Gasteiger partial charge in [-0.25, -0.2) is 4.68 Å². The number of para-hydroxylation sites is 1. The predicted octanol–water partition coefficient (Wildman–Crippen LogP) is 1.42. The second-order valence-corrected chi connectivity index (χ2v) is 5.86. The zero-order valence-electron chi connectivity index (χ0n) is 13.1. The molecule has 1 aromatic heterocycles. The highest BCUT2D eigenvalue weighted by Crippen LogP contribution is 2.17. The Balaban J connectivity index is 1.55. The fourth-order valence-electron chi connectivity index (χ4n) is 2.83. The average Bonchev–Trinajstić information content (AvgIpc) is 3.17. The Bertz CT molecular complexity index is 706. The monoisotopic (exact) mass is 316 g/mol. The first kappa shape index (κ1) is 15.5. The van der Waals surface area contributed by atoms with Crippen LogP contribution in [0.3, 0.4) is 0 Å². The summed E-state index contributed by atoms with van der Waals surface area (Å²) in [5, 5.41) is 10.8. The molecule has 7 heteroatoms. The van der Waals surface area contributed by atoms with Crippen molar-refractivity contribution in [2.75, 3.05) is 0 Å². The van der Waals surface area contributed by atoms with Gasteiger partial charge in [0.15, 0.2) is 6.10 Å². The number of benzene rings is 1. The van der Waals surface area contributed by atoms with Crippen LogP contribution in [0.5, 0.6) is 0 Å². The summed E-state index contributed by atoms with van der Waals surface area (Å²) in [5.41, 5.74) is 1.47. The van der Waals surface area contributed by atoms with E-state index in [1.807, 2.05) is 24.3 Å². The first-order chi connectivity index (χ1) is 11.1. The number of carbonyl (C=O) groups excluding carboxylic acids is 2. The Kier molecular flexibility index (Phi) is 4.55. The summed E-state index contributed by atoms with van der Waals surface area (Å²) in [6.45, 7) is 1.52. The lowest BCUT2D eigenvalue weighted by atomic mass is 10.2. The molecule has 1 aromatic carbocycles. The summed E-state index contributed by atoms with van der Waals surface area (Å²) in [7, 11) is 0. The molecule has 3 rings (SSSR count). The second kappa shape index (κ2) is 6.76. The molecule has 0 bridgehead atoms. The van der Waals surface area contributed by atoms with Crippen molar-refractivity contribution in [3.8, 4) is 0 Å². The van der Waals surface area contributed by atoms with Crippen molar-refractivity contribution in [2.45, 2.75) is 51.3 Å². The SMILES string of the molecule is C[C@H](OC(=O)Cn1nnc2ccccc21)C(=O)NC1CCCC1. The van der Waals surface area contributed by atoms with Crippen LogP contribution >= 0.6 is 0 Å². The maximum absolute atomic E-state index is 12.0. The number of rotatable bonds is 5. The van der Waals surface area contributed by atoms with Crippen LogP contribution in [0.1, 0.15) is 32.6 Å². The van der Waals surface area contributed by atoms with Crippen LogP contribution in [0.15, 0.2) is 24.3 Å². The van der Waals surface area contributed by atoms with Gasteiger partial charge >= 0.3 is 5.97 Å². The highest BCUT2D eigenvalue weighted by molar-refractivity contribution is 5.84. The Morgan fingerprint density at radius 2 is 2.09 bits per heavy atom. The third kappa shape index (κ3) is 3.67. The van der Waals surface area contributed by atoms with Gasteiger partial charge in [-0.3, -0.25) is 9.59 Å². The van der Waals surface area contributed by atoms with Gasteiger partial charge in [0, 0.05) is 6.04 Å². The van der Waals surface area contributed by atoms with Gasteiger partial charge in [0.25, 0.3) is 5.91 Å². The van der Waals surface area contributed by atoms with E-state index in [1.165, 1.54) is 4.68 Å². The standard InChI is InChI=1S/C16H20N4O3/c1-11(16(22)17-12-6-2-3-7-12)23-15(21)10-20-14-9-5-4-8-13(14)18-19-20/h4-5,8-9,11-12H,2-3,6-7,10H2,1H3,(H,17,22)/t11-/m0/s1. The zero-order valence-corrected chi connectivity index (χ0v) is 13.1. The summed E-state index contributed by atoms with van der Waals surface area (Å²) < 4.78 is 6.68. The number of amides is 1. The van der Waals surface area contributed by atoms with E-state index in [0.717, 1.165) is 31.2 Å². The van der Waals surface area contributed by atoms with E-state index in [4.69, 9.17) is 4.74 Å². The normalized spacial score (nSPS) is 16.4. The Morgan fingerprint density at radius 1 is 1.35 bits per heavy atom. The highest BCUT2D eigenvalue weighted by atomic mass is 16.5. The van der Waals surface area contributed by atoms with Crippen LogP contribution in [0, 0.1) is 0 Å². The first-order valence-corrected chi connectivity index (χ1v) is 7.91. The third-order valence-corrected chi connectivity index (χ3v) is 4.08. The largest absolute Gasteiger partial charge is 0.451 e. The van der Waals surface area contributed by atoms with Gasteiger partial charge in [-0.1, -0.05) is 30.2 Å². The van der Waals surface area contributed by atoms with Crippen molar-refractivity contribution in [1.29, 1.82) is 0 Å². The minimum Gasteiger partial charge on any atom is -0.451 e. The Labute approximate surface area is 134 Å². The number of nitrogens with one attached hydrogen (secondary N) is 1. The van der Waals surface area contributed by atoms with Crippen molar-refractivity contribution in [1.82, 2.24) is 20.3 Å². The van der Waals surface area contributed by atoms with E-state index in [2.05, 4.69) is 15.6 Å². The number of fused-ring (bicyclic) bond motifs is 1. The predicted molar refractivity (Wildman–Crippen MR) is 83.5 cm³/mol. The molecule has 1 atom stereocenters. The Morgan fingerprint density at radius 3 is 2.87 bits per heavy atom. The maximum Gasteiger partial charge on any atom is 0.328 e. The molecule has 0 spiro atoms. The van der Waals surface area contributed by atoms with E-state index in [9.17, 15) is 9.59 Å². The molecule has 1 saturated carbocycles.